The third-order valence-electron chi connectivity index (χ3n) is 4.20. The molecule has 0 fully saturated rings. The van der Waals surface area contributed by atoms with E-state index < -0.39 is 0 Å². The van der Waals surface area contributed by atoms with E-state index in [1.807, 2.05) is 58.9 Å². The molecule has 1 atom stereocenters. The summed E-state index contributed by atoms with van der Waals surface area (Å²) in [5, 5.41) is -0.174. The highest BCUT2D eigenvalue weighted by Crippen LogP contribution is 2.29. The van der Waals surface area contributed by atoms with E-state index >= 15 is 0 Å². The van der Waals surface area contributed by atoms with Gasteiger partial charge in [-0.05, 0) is 18.6 Å². The van der Waals surface area contributed by atoms with Crippen LogP contribution in [0.3, 0.4) is 0 Å². The molecule has 24 heavy (non-hydrogen) atoms. The van der Waals surface area contributed by atoms with Crippen LogP contribution in [0.15, 0.2) is 61.1 Å². The van der Waals surface area contributed by atoms with E-state index in [1.165, 1.54) is 0 Å². The van der Waals surface area contributed by atoms with Gasteiger partial charge in [0.25, 0.3) is 0 Å². The molecule has 0 N–H and O–H groups in total. The largest absolute Gasteiger partial charge is 0.336 e. The minimum Gasteiger partial charge on any atom is -0.336 e. The Morgan fingerprint density at radius 2 is 1.79 bits per heavy atom. The van der Waals surface area contributed by atoms with Gasteiger partial charge in [0.05, 0.1) is 11.4 Å². The molecule has 0 saturated heterocycles. The number of aryl methyl sites for hydroxylation is 2. The summed E-state index contributed by atoms with van der Waals surface area (Å²) in [5.41, 5.74) is 5.07. The van der Waals surface area contributed by atoms with E-state index in [0.29, 0.717) is 0 Å². The van der Waals surface area contributed by atoms with Gasteiger partial charge in [-0.1, -0.05) is 36.4 Å². The van der Waals surface area contributed by atoms with Gasteiger partial charge in [0.15, 0.2) is 0 Å². The summed E-state index contributed by atoms with van der Waals surface area (Å²) in [6.45, 7) is 2.06. The molecule has 3 heterocycles. The molecule has 0 aliphatic carbocycles. The zero-order chi connectivity index (χ0) is 16.7. The van der Waals surface area contributed by atoms with E-state index in [-0.39, 0.29) is 5.25 Å². The lowest BCUT2D eigenvalue weighted by atomic mass is 10.2. The molecule has 1 aromatic carbocycles. The smallest absolute Gasteiger partial charge is 0.139 e. The van der Waals surface area contributed by atoms with Crippen LogP contribution in [-0.2, 0) is 7.05 Å². The van der Waals surface area contributed by atoms with Crippen molar-refractivity contribution in [2.24, 2.45) is 7.05 Å². The molecule has 5 heteroatoms. The zero-order valence-corrected chi connectivity index (χ0v) is 14.5. The van der Waals surface area contributed by atoms with Crippen molar-refractivity contribution in [1.82, 2.24) is 18.9 Å². The Balaban J connectivity index is 1.75. The molecule has 0 aliphatic rings. The van der Waals surface area contributed by atoms with Gasteiger partial charge >= 0.3 is 0 Å². The number of fused-ring (bicyclic) bond motifs is 1. The molecule has 4 rings (SSSR count). The first-order valence-electron chi connectivity index (χ1n) is 7.84. The summed E-state index contributed by atoms with van der Waals surface area (Å²) in [7, 11) is 2.00. The first-order chi connectivity index (χ1) is 11.6. The lowest BCUT2D eigenvalue weighted by Gasteiger charge is -2.07. The fourth-order valence-electron chi connectivity index (χ4n) is 2.92. The normalized spacial score (nSPS) is 12.6. The SMILES string of the molecule is Cc1cccn2cc(C(S)c3nc(-c4ccccc4)cn3C)nc12. The number of rotatable bonds is 3. The molecule has 3 aromatic heterocycles. The van der Waals surface area contributed by atoms with Gasteiger partial charge < -0.3 is 8.97 Å². The molecule has 1 unspecified atom stereocenters. The predicted molar refractivity (Wildman–Crippen MR) is 99.4 cm³/mol. The van der Waals surface area contributed by atoms with Gasteiger partial charge in [0.1, 0.15) is 16.7 Å². The Morgan fingerprint density at radius 3 is 2.54 bits per heavy atom. The average Bonchev–Trinajstić information content (AvgIpc) is 3.20. The van der Waals surface area contributed by atoms with Crippen molar-refractivity contribution >= 4 is 18.3 Å². The number of thiol groups is 1. The van der Waals surface area contributed by atoms with Crippen molar-refractivity contribution in [2.75, 3.05) is 0 Å². The van der Waals surface area contributed by atoms with Crippen LogP contribution in [0, 0.1) is 6.92 Å². The summed E-state index contributed by atoms with van der Waals surface area (Å²) >= 11 is 4.79. The van der Waals surface area contributed by atoms with Crippen molar-refractivity contribution < 1.29 is 0 Å². The molecule has 0 radical (unpaired) electrons. The summed E-state index contributed by atoms with van der Waals surface area (Å²) < 4.78 is 4.06. The molecule has 0 saturated carbocycles. The van der Waals surface area contributed by atoms with Gasteiger partial charge in [0, 0.05) is 31.2 Å². The Hall–Kier alpha value is -2.53. The van der Waals surface area contributed by atoms with Crippen molar-refractivity contribution in [3.63, 3.8) is 0 Å². The topological polar surface area (TPSA) is 35.1 Å². The molecule has 0 bridgehead atoms. The monoisotopic (exact) mass is 334 g/mol. The van der Waals surface area contributed by atoms with Gasteiger partial charge in [-0.3, -0.25) is 0 Å². The van der Waals surface area contributed by atoms with Crippen LogP contribution < -0.4 is 0 Å². The van der Waals surface area contributed by atoms with E-state index in [2.05, 4.69) is 25.1 Å². The number of benzene rings is 1. The number of aromatic nitrogens is 4. The predicted octanol–water partition coefficient (Wildman–Crippen LogP) is 4.06. The van der Waals surface area contributed by atoms with Gasteiger partial charge in [0.2, 0.25) is 0 Å². The molecule has 0 aliphatic heterocycles. The molecule has 0 spiro atoms. The second kappa shape index (κ2) is 5.83. The first-order valence-corrected chi connectivity index (χ1v) is 8.36. The van der Waals surface area contributed by atoms with E-state index in [1.54, 1.807) is 0 Å². The van der Waals surface area contributed by atoms with Gasteiger partial charge in [-0.25, -0.2) is 9.97 Å². The number of nitrogens with zero attached hydrogens (tertiary/aromatic N) is 4. The van der Waals surface area contributed by atoms with Crippen LogP contribution in [0.2, 0.25) is 0 Å². The number of pyridine rings is 1. The van der Waals surface area contributed by atoms with Crippen LogP contribution >= 0.6 is 12.6 Å². The Bertz CT molecular complexity index is 1000. The maximum atomic E-state index is 4.79. The van der Waals surface area contributed by atoms with Crippen molar-refractivity contribution in [1.29, 1.82) is 0 Å². The standard InChI is InChI=1S/C19H18N4S/c1-13-7-6-10-23-12-16(21-18(13)23)17(24)19-20-15(11-22(19)2)14-8-4-3-5-9-14/h3-12,17,24H,1-2H3. The summed E-state index contributed by atoms with van der Waals surface area (Å²) in [6, 6.07) is 14.3. The number of hydrogen-bond donors (Lipinski definition) is 1. The van der Waals surface area contributed by atoms with Crippen molar-refractivity contribution in [3.05, 3.63) is 78.1 Å². The van der Waals surface area contributed by atoms with Crippen molar-refractivity contribution in [3.8, 4) is 11.3 Å². The third-order valence-corrected chi connectivity index (χ3v) is 4.70. The maximum Gasteiger partial charge on any atom is 0.139 e. The Morgan fingerprint density at radius 1 is 1.00 bits per heavy atom. The van der Waals surface area contributed by atoms with Gasteiger partial charge in [-0.15, -0.1) is 0 Å². The second-order valence-electron chi connectivity index (χ2n) is 5.95. The summed E-state index contributed by atoms with van der Waals surface area (Å²) in [4.78, 5) is 9.53. The number of imidazole rings is 2. The maximum absolute atomic E-state index is 4.79. The first kappa shape index (κ1) is 15.0. The van der Waals surface area contributed by atoms with Crippen LogP contribution in [-0.4, -0.2) is 18.9 Å². The van der Waals surface area contributed by atoms with Gasteiger partial charge in [-0.2, -0.15) is 12.6 Å². The van der Waals surface area contributed by atoms with Crippen molar-refractivity contribution in [2.45, 2.75) is 12.2 Å². The zero-order valence-electron chi connectivity index (χ0n) is 13.6. The highest BCUT2D eigenvalue weighted by atomic mass is 32.1. The van der Waals surface area contributed by atoms with Crippen LogP contribution in [0.25, 0.3) is 16.9 Å². The molecular formula is C19H18N4S. The molecule has 4 nitrogen and oxygen atoms in total. The second-order valence-corrected chi connectivity index (χ2v) is 6.47. The van der Waals surface area contributed by atoms with E-state index in [9.17, 15) is 0 Å². The van der Waals surface area contributed by atoms with Crippen LogP contribution in [0.4, 0.5) is 0 Å². The molecule has 0 amide bonds. The highest BCUT2D eigenvalue weighted by molar-refractivity contribution is 7.80. The Kier molecular flexibility index (Phi) is 3.65. The average molecular weight is 334 g/mol. The molecule has 4 aromatic rings. The summed E-state index contributed by atoms with van der Waals surface area (Å²) in [6.07, 6.45) is 6.07. The lowest BCUT2D eigenvalue weighted by molar-refractivity contribution is 0.807. The minimum atomic E-state index is -0.174. The fraction of sp³-hybridized carbons (Fsp3) is 0.158. The third kappa shape index (κ3) is 2.51. The molecular weight excluding hydrogens is 316 g/mol. The lowest BCUT2D eigenvalue weighted by Crippen LogP contribution is -2.02. The highest BCUT2D eigenvalue weighted by Gasteiger charge is 2.19. The van der Waals surface area contributed by atoms with E-state index in [0.717, 1.165) is 34.0 Å². The van der Waals surface area contributed by atoms with E-state index in [4.69, 9.17) is 22.6 Å². The minimum absolute atomic E-state index is 0.174. The fourth-order valence-corrected chi connectivity index (χ4v) is 3.28. The Labute approximate surface area is 146 Å². The quantitative estimate of drug-likeness (QED) is 0.573. The number of hydrogen-bond acceptors (Lipinski definition) is 3. The van der Waals surface area contributed by atoms with Crippen LogP contribution in [0.5, 0.6) is 0 Å². The van der Waals surface area contributed by atoms with Crippen LogP contribution in [0.1, 0.15) is 22.3 Å². The molecule has 120 valence electrons. The summed E-state index contributed by atoms with van der Waals surface area (Å²) in [5.74, 6) is 0.887.